The first-order valence-electron chi connectivity index (χ1n) is 9.51. The number of nitrogens with zero attached hydrogens (tertiary/aromatic N) is 1. The maximum atomic E-state index is 12.5. The highest BCUT2D eigenvalue weighted by molar-refractivity contribution is 7.09. The minimum absolute atomic E-state index is 0.0159. The number of carbonyl (C=O) groups excluding carboxylic acids is 2. The van der Waals surface area contributed by atoms with Crippen molar-refractivity contribution in [2.24, 2.45) is 0 Å². The van der Waals surface area contributed by atoms with Gasteiger partial charge in [0.25, 0.3) is 0 Å². The molecule has 0 unspecified atom stereocenters. The highest BCUT2D eigenvalue weighted by Crippen LogP contribution is 2.23. The molecule has 1 atom stereocenters. The van der Waals surface area contributed by atoms with Crippen LogP contribution >= 0.6 is 11.3 Å². The standard InChI is InChI=1S/C23H24N2O2S/c1-2-19-16-28-23(24-19)20(15-17-9-5-3-6-10-17)25-22(27)14-13-21(26)18-11-7-4-8-12-18/h3-12,16,20H,2,13-15H2,1H3,(H,25,27)/t20-/m0/s1. The van der Waals surface area contributed by atoms with E-state index in [9.17, 15) is 9.59 Å². The number of amides is 1. The van der Waals surface area contributed by atoms with Crippen molar-refractivity contribution in [1.29, 1.82) is 0 Å². The van der Waals surface area contributed by atoms with Crippen LogP contribution in [0.1, 0.15) is 52.4 Å². The fraction of sp³-hybridized carbons (Fsp3) is 0.261. The quantitative estimate of drug-likeness (QED) is 0.534. The molecule has 1 N–H and O–H groups in total. The van der Waals surface area contributed by atoms with Crippen LogP contribution in [0.5, 0.6) is 0 Å². The minimum Gasteiger partial charge on any atom is -0.347 e. The molecule has 0 aliphatic rings. The Hall–Kier alpha value is -2.79. The van der Waals surface area contributed by atoms with Crippen molar-refractivity contribution in [3.63, 3.8) is 0 Å². The Bertz CT molecular complexity index is 907. The lowest BCUT2D eigenvalue weighted by molar-refractivity contribution is -0.121. The van der Waals surface area contributed by atoms with Crippen molar-refractivity contribution >= 4 is 23.0 Å². The van der Waals surface area contributed by atoms with E-state index in [-0.39, 0.29) is 30.6 Å². The number of Topliss-reactive ketones (excluding diaryl/α,β-unsaturated/α-hetero) is 1. The predicted octanol–water partition coefficient (Wildman–Crippen LogP) is 4.77. The molecule has 0 radical (unpaired) electrons. The number of rotatable bonds is 9. The molecule has 3 aromatic rings. The summed E-state index contributed by atoms with van der Waals surface area (Å²) < 4.78 is 0. The Balaban J connectivity index is 1.64. The molecule has 1 heterocycles. The van der Waals surface area contributed by atoms with Gasteiger partial charge in [0, 0.05) is 23.8 Å². The zero-order chi connectivity index (χ0) is 19.8. The van der Waals surface area contributed by atoms with Gasteiger partial charge < -0.3 is 5.32 Å². The molecule has 28 heavy (non-hydrogen) atoms. The topological polar surface area (TPSA) is 59.1 Å². The van der Waals surface area contributed by atoms with E-state index in [1.54, 1.807) is 23.5 Å². The van der Waals surface area contributed by atoms with Gasteiger partial charge in [-0.3, -0.25) is 9.59 Å². The molecule has 0 fully saturated rings. The van der Waals surface area contributed by atoms with E-state index < -0.39 is 0 Å². The minimum atomic E-state index is -0.188. The SMILES string of the molecule is CCc1csc([C@H](Cc2ccccc2)NC(=O)CCC(=O)c2ccccc2)n1. The third kappa shape index (κ3) is 5.60. The number of carbonyl (C=O) groups is 2. The molecule has 0 bridgehead atoms. The fourth-order valence-corrected chi connectivity index (χ4v) is 3.91. The van der Waals surface area contributed by atoms with Crippen LogP contribution in [0.15, 0.2) is 66.0 Å². The molecule has 0 aliphatic carbocycles. The van der Waals surface area contributed by atoms with Crippen molar-refractivity contribution in [3.8, 4) is 0 Å². The second-order valence-corrected chi connectivity index (χ2v) is 7.52. The summed E-state index contributed by atoms with van der Waals surface area (Å²) in [7, 11) is 0. The second kappa shape index (κ2) is 9.95. The third-order valence-electron chi connectivity index (χ3n) is 4.52. The van der Waals surface area contributed by atoms with E-state index in [4.69, 9.17) is 0 Å². The Kier molecular flexibility index (Phi) is 7.09. The summed E-state index contributed by atoms with van der Waals surface area (Å²) in [6.07, 6.45) is 1.92. The molecule has 0 saturated carbocycles. The van der Waals surface area contributed by atoms with Crippen LogP contribution in [0.4, 0.5) is 0 Å². The molecule has 1 aromatic heterocycles. The average Bonchev–Trinajstić information content (AvgIpc) is 3.22. The van der Waals surface area contributed by atoms with Crippen LogP contribution in [0.25, 0.3) is 0 Å². The van der Waals surface area contributed by atoms with E-state index in [0.717, 1.165) is 22.7 Å². The zero-order valence-corrected chi connectivity index (χ0v) is 16.7. The van der Waals surface area contributed by atoms with Crippen LogP contribution < -0.4 is 5.32 Å². The van der Waals surface area contributed by atoms with E-state index in [1.807, 2.05) is 53.9 Å². The van der Waals surface area contributed by atoms with Gasteiger partial charge >= 0.3 is 0 Å². The first-order chi connectivity index (χ1) is 13.7. The van der Waals surface area contributed by atoms with E-state index in [0.29, 0.717) is 12.0 Å². The number of benzene rings is 2. The second-order valence-electron chi connectivity index (χ2n) is 6.63. The molecule has 144 valence electrons. The first-order valence-corrected chi connectivity index (χ1v) is 10.4. The zero-order valence-electron chi connectivity index (χ0n) is 15.9. The van der Waals surface area contributed by atoms with Gasteiger partial charge in [-0.15, -0.1) is 11.3 Å². The van der Waals surface area contributed by atoms with Gasteiger partial charge in [0.15, 0.2) is 5.78 Å². The number of nitrogens with one attached hydrogen (secondary N) is 1. The van der Waals surface area contributed by atoms with Crippen LogP contribution in [0, 0.1) is 0 Å². The number of thiazole rings is 1. The maximum Gasteiger partial charge on any atom is 0.221 e. The van der Waals surface area contributed by atoms with Crippen molar-refractivity contribution in [2.45, 2.75) is 38.6 Å². The van der Waals surface area contributed by atoms with E-state index in [1.165, 1.54) is 0 Å². The van der Waals surface area contributed by atoms with Crippen molar-refractivity contribution in [1.82, 2.24) is 10.3 Å². The Morgan fingerprint density at radius 2 is 1.68 bits per heavy atom. The van der Waals surface area contributed by atoms with Gasteiger partial charge in [-0.2, -0.15) is 0 Å². The van der Waals surface area contributed by atoms with Crippen LogP contribution in [0.2, 0.25) is 0 Å². The lowest BCUT2D eigenvalue weighted by atomic mass is 10.0. The van der Waals surface area contributed by atoms with Gasteiger partial charge in [0.05, 0.1) is 11.7 Å². The highest BCUT2D eigenvalue weighted by Gasteiger charge is 2.19. The summed E-state index contributed by atoms with van der Waals surface area (Å²) in [5, 5.41) is 6.03. The van der Waals surface area contributed by atoms with Gasteiger partial charge in [-0.1, -0.05) is 67.6 Å². The molecule has 2 aromatic carbocycles. The number of aromatic nitrogens is 1. The van der Waals surface area contributed by atoms with Crippen molar-refractivity contribution in [3.05, 3.63) is 87.9 Å². The van der Waals surface area contributed by atoms with Crippen LogP contribution in [-0.4, -0.2) is 16.7 Å². The molecule has 0 spiro atoms. The van der Waals surface area contributed by atoms with Gasteiger partial charge in [0.2, 0.25) is 5.91 Å². The summed E-state index contributed by atoms with van der Waals surface area (Å²) in [6, 6.07) is 19.0. The van der Waals surface area contributed by atoms with E-state index in [2.05, 4.69) is 17.2 Å². The molecule has 3 rings (SSSR count). The van der Waals surface area contributed by atoms with E-state index >= 15 is 0 Å². The number of ketones is 1. The lowest BCUT2D eigenvalue weighted by Gasteiger charge is -2.17. The van der Waals surface area contributed by atoms with Gasteiger partial charge in [-0.25, -0.2) is 4.98 Å². The molecule has 5 heteroatoms. The Morgan fingerprint density at radius 3 is 2.32 bits per heavy atom. The monoisotopic (exact) mass is 392 g/mol. The molecule has 0 saturated heterocycles. The summed E-state index contributed by atoms with van der Waals surface area (Å²) >= 11 is 1.57. The summed E-state index contributed by atoms with van der Waals surface area (Å²) in [5.41, 5.74) is 2.82. The predicted molar refractivity (Wildman–Crippen MR) is 113 cm³/mol. The maximum absolute atomic E-state index is 12.5. The highest BCUT2D eigenvalue weighted by atomic mass is 32.1. The Labute approximate surface area is 169 Å². The largest absolute Gasteiger partial charge is 0.347 e. The first kappa shape index (κ1) is 20.0. The summed E-state index contributed by atoms with van der Waals surface area (Å²) in [5.74, 6) is -0.142. The van der Waals surface area contributed by atoms with Crippen LogP contribution in [-0.2, 0) is 17.6 Å². The molecular formula is C23H24N2O2S. The molecule has 4 nitrogen and oxygen atoms in total. The fourth-order valence-electron chi connectivity index (χ4n) is 2.96. The molecule has 1 amide bonds. The number of hydrogen-bond donors (Lipinski definition) is 1. The summed E-state index contributed by atoms with van der Waals surface area (Å²) in [4.78, 5) is 29.4. The molecule has 0 aliphatic heterocycles. The van der Waals surface area contributed by atoms with Gasteiger partial charge in [-0.05, 0) is 18.4 Å². The Morgan fingerprint density at radius 1 is 1.00 bits per heavy atom. The van der Waals surface area contributed by atoms with Crippen molar-refractivity contribution < 1.29 is 9.59 Å². The number of hydrogen-bond acceptors (Lipinski definition) is 4. The molecular weight excluding hydrogens is 368 g/mol. The number of aryl methyl sites for hydroxylation is 1. The average molecular weight is 393 g/mol. The van der Waals surface area contributed by atoms with Gasteiger partial charge in [0.1, 0.15) is 5.01 Å². The lowest BCUT2D eigenvalue weighted by Crippen LogP contribution is -2.30. The van der Waals surface area contributed by atoms with Crippen LogP contribution in [0.3, 0.4) is 0 Å². The third-order valence-corrected chi connectivity index (χ3v) is 5.53. The smallest absolute Gasteiger partial charge is 0.221 e. The van der Waals surface area contributed by atoms with Crippen molar-refractivity contribution in [2.75, 3.05) is 0 Å². The summed E-state index contributed by atoms with van der Waals surface area (Å²) in [6.45, 7) is 2.07. The normalized spacial score (nSPS) is 11.8.